The number of nitrogens with zero attached hydrogens (tertiary/aromatic N) is 4. The van der Waals surface area contributed by atoms with Gasteiger partial charge in [0, 0.05) is 44.0 Å². The third-order valence-electron chi connectivity index (χ3n) is 3.10. The lowest BCUT2D eigenvalue weighted by Crippen LogP contribution is -2.16. The zero-order valence-electron chi connectivity index (χ0n) is 12.7. The minimum Gasteiger partial charge on any atom is -0.378 e. The largest absolute Gasteiger partial charge is 0.378 e. The molecule has 0 aliphatic heterocycles. The van der Waals surface area contributed by atoms with E-state index in [0.29, 0.717) is 0 Å². The second kappa shape index (κ2) is 4.72. The van der Waals surface area contributed by atoms with E-state index in [-0.39, 0.29) is 5.41 Å². The molecule has 0 aliphatic carbocycles. The van der Waals surface area contributed by atoms with Crippen molar-refractivity contribution in [2.75, 3.05) is 5.32 Å². The molecule has 1 N–H and O–H groups in total. The van der Waals surface area contributed by atoms with Gasteiger partial charge in [0.05, 0.1) is 17.1 Å². The SMILES string of the molecule is Cc1nn(C)cc1NCc1cn(C)nc1C(C)(C)C. The van der Waals surface area contributed by atoms with Gasteiger partial charge in [0.2, 0.25) is 0 Å². The minimum absolute atomic E-state index is 0.0578. The van der Waals surface area contributed by atoms with Gasteiger partial charge >= 0.3 is 0 Å². The zero-order chi connectivity index (χ0) is 14.2. The van der Waals surface area contributed by atoms with Crippen molar-refractivity contribution in [2.24, 2.45) is 14.1 Å². The van der Waals surface area contributed by atoms with Gasteiger partial charge in [-0.05, 0) is 6.92 Å². The maximum atomic E-state index is 4.58. The summed E-state index contributed by atoms with van der Waals surface area (Å²) in [6.45, 7) is 9.35. The Balaban J connectivity index is 2.18. The molecule has 2 aromatic heterocycles. The molecule has 2 heterocycles. The molecule has 0 unspecified atom stereocenters. The number of aromatic nitrogens is 4. The van der Waals surface area contributed by atoms with Crippen LogP contribution in [0, 0.1) is 6.92 Å². The van der Waals surface area contributed by atoms with Crippen LogP contribution in [-0.2, 0) is 26.1 Å². The number of anilines is 1. The lowest BCUT2D eigenvalue weighted by molar-refractivity contribution is 0.549. The molecule has 104 valence electrons. The molecule has 19 heavy (non-hydrogen) atoms. The Hall–Kier alpha value is -1.78. The third kappa shape index (κ3) is 2.97. The van der Waals surface area contributed by atoms with Crippen LogP contribution in [0.5, 0.6) is 0 Å². The molecular weight excluding hydrogens is 238 g/mol. The summed E-state index contributed by atoms with van der Waals surface area (Å²) in [7, 11) is 3.90. The lowest BCUT2D eigenvalue weighted by atomic mass is 9.89. The van der Waals surface area contributed by atoms with E-state index in [1.165, 1.54) is 5.56 Å². The van der Waals surface area contributed by atoms with Gasteiger partial charge in [-0.25, -0.2) is 0 Å². The fourth-order valence-electron chi connectivity index (χ4n) is 2.26. The molecule has 0 spiro atoms. The average Bonchev–Trinajstić information content (AvgIpc) is 2.78. The van der Waals surface area contributed by atoms with E-state index in [0.717, 1.165) is 23.6 Å². The van der Waals surface area contributed by atoms with Crippen molar-refractivity contribution in [1.29, 1.82) is 0 Å². The number of rotatable bonds is 3. The van der Waals surface area contributed by atoms with Crippen molar-refractivity contribution in [3.05, 3.63) is 29.3 Å². The Morgan fingerprint density at radius 2 is 1.74 bits per heavy atom. The molecule has 0 fully saturated rings. The molecule has 0 aliphatic rings. The summed E-state index contributed by atoms with van der Waals surface area (Å²) in [4.78, 5) is 0. The fourth-order valence-corrected chi connectivity index (χ4v) is 2.26. The van der Waals surface area contributed by atoms with E-state index in [1.807, 2.05) is 36.6 Å². The van der Waals surface area contributed by atoms with Crippen molar-refractivity contribution in [3.8, 4) is 0 Å². The van der Waals surface area contributed by atoms with E-state index in [9.17, 15) is 0 Å². The van der Waals surface area contributed by atoms with Gasteiger partial charge in [0.1, 0.15) is 0 Å². The summed E-state index contributed by atoms with van der Waals surface area (Å²) in [5.74, 6) is 0. The number of nitrogens with one attached hydrogen (secondary N) is 1. The van der Waals surface area contributed by atoms with Gasteiger partial charge in [-0.15, -0.1) is 0 Å². The summed E-state index contributed by atoms with van der Waals surface area (Å²) < 4.78 is 3.71. The first-order chi connectivity index (χ1) is 8.77. The first-order valence-electron chi connectivity index (χ1n) is 6.54. The Labute approximate surface area is 114 Å². The van der Waals surface area contributed by atoms with E-state index >= 15 is 0 Å². The van der Waals surface area contributed by atoms with Crippen molar-refractivity contribution >= 4 is 5.69 Å². The van der Waals surface area contributed by atoms with Crippen LogP contribution < -0.4 is 5.32 Å². The highest BCUT2D eigenvalue weighted by Gasteiger charge is 2.21. The molecule has 0 atom stereocenters. The monoisotopic (exact) mass is 261 g/mol. The van der Waals surface area contributed by atoms with Gasteiger partial charge < -0.3 is 5.32 Å². The van der Waals surface area contributed by atoms with Gasteiger partial charge in [0.15, 0.2) is 0 Å². The fraction of sp³-hybridized carbons (Fsp3) is 0.571. The number of aryl methyl sites for hydroxylation is 3. The Kier molecular flexibility index (Phi) is 3.39. The highest BCUT2D eigenvalue weighted by Crippen LogP contribution is 2.25. The topological polar surface area (TPSA) is 47.7 Å². The van der Waals surface area contributed by atoms with Gasteiger partial charge in [-0.3, -0.25) is 9.36 Å². The van der Waals surface area contributed by atoms with Crippen LogP contribution in [0.25, 0.3) is 0 Å². The Morgan fingerprint density at radius 1 is 1.11 bits per heavy atom. The first kappa shape index (κ1) is 13.6. The quantitative estimate of drug-likeness (QED) is 0.922. The van der Waals surface area contributed by atoms with Crippen molar-refractivity contribution in [1.82, 2.24) is 19.6 Å². The normalized spacial score (nSPS) is 11.9. The number of hydrogen-bond donors (Lipinski definition) is 1. The first-order valence-corrected chi connectivity index (χ1v) is 6.54. The molecular formula is C14H23N5. The molecule has 0 amide bonds. The second-order valence-corrected chi connectivity index (χ2v) is 6.08. The molecule has 0 radical (unpaired) electrons. The molecule has 0 aromatic carbocycles. The molecule has 5 heteroatoms. The molecule has 5 nitrogen and oxygen atoms in total. The summed E-state index contributed by atoms with van der Waals surface area (Å²) in [5, 5.41) is 12.3. The summed E-state index contributed by atoms with van der Waals surface area (Å²) in [5.41, 5.74) is 4.53. The Bertz CT molecular complexity index is 571. The zero-order valence-corrected chi connectivity index (χ0v) is 12.7. The predicted octanol–water partition coefficient (Wildman–Crippen LogP) is 2.37. The molecule has 0 bridgehead atoms. The summed E-state index contributed by atoms with van der Waals surface area (Å²) in [6.07, 6.45) is 4.09. The molecule has 2 rings (SSSR count). The Morgan fingerprint density at radius 3 is 2.26 bits per heavy atom. The van der Waals surface area contributed by atoms with Crippen molar-refractivity contribution < 1.29 is 0 Å². The average molecular weight is 261 g/mol. The van der Waals surface area contributed by atoms with Gasteiger partial charge in [0.25, 0.3) is 0 Å². The third-order valence-corrected chi connectivity index (χ3v) is 3.10. The summed E-state index contributed by atoms with van der Waals surface area (Å²) >= 11 is 0. The second-order valence-electron chi connectivity index (χ2n) is 6.08. The van der Waals surface area contributed by atoms with E-state index < -0.39 is 0 Å². The maximum Gasteiger partial charge on any atom is 0.0825 e. The van der Waals surface area contributed by atoms with E-state index in [1.54, 1.807) is 0 Å². The number of hydrogen-bond acceptors (Lipinski definition) is 3. The van der Waals surface area contributed by atoms with Gasteiger partial charge in [-0.2, -0.15) is 10.2 Å². The van der Waals surface area contributed by atoms with E-state index in [4.69, 9.17) is 0 Å². The minimum atomic E-state index is 0.0578. The van der Waals surface area contributed by atoms with Crippen LogP contribution in [0.15, 0.2) is 12.4 Å². The predicted molar refractivity (Wildman–Crippen MR) is 77.2 cm³/mol. The van der Waals surface area contributed by atoms with Crippen LogP contribution in [0.4, 0.5) is 5.69 Å². The van der Waals surface area contributed by atoms with Crippen molar-refractivity contribution in [2.45, 2.75) is 39.7 Å². The van der Waals surface area contributed by atoms with Crippen LogP contribution in [0.2, 0.25) is 0 Å². The van der Waals surface area contributed by atoms with E-state index in [2.05, 4.69) is 42.5 Å². The van der Waals surface area contributed by atoms with Crippen molar-refractivity contribution in [3.63, 3.8) is 0 Å². The molecule has 2 aromatic rings. The molecule has 0 saturated carbocycles. The van der Waals surface area contributed by atoms with Gasteiger partial charge in [-0.1, -0.05) is 20.8 Å². The highest BCUT2D eigenvalue weighted by atomic mass is 15.3. The summed E-state index contributed by atoms with van der Waals surface area (Å²) in [6, 6.07) is 0. The maximum absolute atomic E-state index is 4.58. The lowest BCUT2D eigenvalue weighted by Gasteiger charge is -2.17. The highest BCUT2D eigenvalue weighted by molar-refractivity contribution is 5.46. The van der Waals surface area contributed by atoms with Crippen LogP contribution >= 0.6 is 0 Å². The molecule has 0 saturated heterocycles. The standard InChI is InChI=1S/C14H23N5/c1-10-12(9-19(6)16-10)15-7-11-8-18(5)17-13(11)14(2,3)4/h8-9,15H,7H2,1-6H3. The van der Waals surface area contributed by atoms with Crippen LogP contribution in [-0.4, -0.2) is 19.6 Å². The smallest absolute Gasteiger partial charge is 0.0825 e. The van der Waals surface area contributed by atoms with Crippen LogP contribution in [0.3, 0.4) is 0 Å². The van der Waals surface area contributed by atoms with Crippen LogP contribution in [0.1, 0.15) is 37.7 Å².